The molecule has 4 aromatic rings. The average Bonchev–Trinajstić information content (AvgIpc) is 3.52. The van der Waals surface area contributed by atoms with E-state index in [0.29, 0.717) is 49.1 Å². The number of aromatic nitrogens is 2. The Morgan fingerprint density at radius 2 is 1.56 bits per heavy atom. The number of piperazine rings is 1. The Kier molecular flexibility index (Phi) is 10.9. The summed E-state index contributed by atoms with van der Waals surface area (Å²) in [6.45, 7) is 5.12. The van der Waals surface area contributed by atoms with Crippen LogP contribution in [0.2, 0.25) is 0 Å². The van der Waals surface area contributed by atoms with Crippen molar-refractivity contribution in [3.05, 3.63) is 97.5 Å². The largest absolute Gasteiger partial charge is 0.368 e. The first kappa shape index (κ1) is 40.6. The van der Waals surface area contributed by atoms with Gasteiger partial charge in [0.2, 0.25) is 17.7 Å². The molecule has 1 N–H and O–H groups in total. The molecule has 61 heavy (non-hydrogen) atoms. The summed E-state index contributed by atoms with van der Waals surface area (Å²) in [7, 11) is 0. The number of halogens is 3. The predicted octanol–water partition coefficient (Wildman–Crippen LogP) is 7.84. The van der Waals surface area contributed by atoms with E-state index in [1.807, 2.05) is 21.9 Å². The van der Waals surface area contributed by atoms with E-state index in [0.717, 1.165) is 99.7 Å². The number of hydrogen-bond acceptors (Lipinski definition) is 7. The number of carbonyl (C=O) groups is 3. The minimum atomic E-state index is -1.03. The summed E-state index contributed by atoms with van der Waals surface area (Å²) in [4.78, 5) is 62.2. The Hall–Kier alpha value is -4.49. The standard InChI is InChI=1S/C48H53BrF2N6O4/c49-36-5-4-6-39-43(36)45(60)53-47-48(17-2-1-3-18-48)35-13-11-32(25-40(35)57(39)47)30-15-19-54(20-16-30)28-29-7-9-31(10-8-29)46(61)56-23-21-55(22-24-56)33-26-37(50)42(38(51)27-33)34-12-14-41(58)52-44(34)59/h4-6,11,13,25-27,29-31,34H,1-3,7-10,12,14-24,28H2,(H,52,58,59). The van der Waals surface area contributed by atoms with Gasteiger partial charge in [0.05, 0.1) is 27.9 Å². The van der Waals surface area contributed by atoms with Crippen LogP contribution in [0.3, 0.4) is 0 Å². The van der Waals surface area contributed by atoms with E-state index in [2.05, 4.69) is 55.0 Å². The van der Waals surface area contributed by atoms with Crippen LogP contribution in [-0.2, 0) is 19.8 Å². The molecule has 3 saturated heterocycles. The van der Waals surface area contributed by atoms with Crippen LogP contribution in [0.25, 0.3) is 16.6 Å². The minimum Gasteiger partial charge on any atom is -0.368 e. The lowest BCUT2D eigenvalue weighted by atomic mass is 9.69. The topological polar surface area (TPSA) is 108 Å². The second kappa shape index (κ2) is 16.3. The highest BCUT2D eigenvalue weighted by Crippen LogP contribution is 2.52. The molecule has 2 aliphatic carbocycles. The van der Waals surface area contributed by atoms with Crippen LogP contribution < -0.4 is 15.8 Å². The number of likely N-dealkylation sites (tertiary alicyclic amines) is 1. The number of anilines is 1. The van der Waals surface area contributed by atoms with Crippen LogP contribution in [0.5, 0.6) is 0 Å². The van der Waals surface area contributed by atoms with E-state index < -0.39 is 29.4 Å². The summed E-state index contributed by atoms with van der Waals surface area (Å²) in [5.41, 5.74) is 4.58. The zero-order valence-electron chi connectivity index (χ0n) is 34.6. The first-order chi connectivity index (χ1) is 29.6. The summed E-state index contributed by atoms with van der Waals surface area (Å²) in [5, 5.41) is 2.83. The molecule has 5 fully saturated rings. The number of nitrogens with zero attached hydrogens (tertiary/aromatic N) is 5. The van der Waals surface area contributed by atoms with Gasteiger partial charge in [-0.25, -0.2) is 8.78 Å². The third-order valence-electron chi connectivity index (χ3n) is 15.2. The molecule has 5 heterocycles. The van der Waals surface area contributed by atoms with Gasteiger partial charge >= 0.3 is 0 Å². The molecular weight excluding hydrogens is 842 g/mol. The van der Waals surface area contributed by atoms with Gasteiger partial charge in [-0.2, -0.15) is 4.98 Å². The van der Waals surface area contributed by atoms with E-state index >= 15 is 8.78 Å². The van der Waals surface area contributed by atoms with Crippen molar-refractivity contribution in [2.75, 3.05) is 50.7 Å². The molecule has 1 spiro atoms. The van der Waals surface area contributed by atoms with E-state index in [1.165, 1.54) is 35.4 Å². The molecule has 4 aliphatic heterocycles. The third kappa shape index (κ3) is 7.30. The number of piperidine rings is 2. The lowest BCUT2D eigenvalue weighted by molar-refractivity contribution is -0.137. The molecule has 1 unspecified atom stereocenters. The lowest BCUT2D eigenvalue weighted by Crippen LogP contribution is -2.51. The predicted molar refractivity (Wildman–Crippen MR) is 233 cm³/mol. The van der Waals surface area contributed by atoms with Crippen LogP contribution in [0.4, 0.5) is 14.5 Å². The quantitative estimate of drug-likeness (QED) is 0.197. The monoisotopic (exact) mass is 894 g/mol. The molecular formula is C48H53BrF2N6O4. The second-order valence-electron chi connectivity index (χ2n) is 18.6. The van der Waals surface area contributed by atoms with Gasteiger partial charge in [-0.15, -0.1) is 0 Å². The Morgan fingerprint density at radius 3 is 2.26 bits per heavy atom. The van der Waals surface area contributed by atoms with Gasteiger partial charge in [-0.3, -0.25) is 29.1 Å². The molecule has 13 heteroatoms. The molecule has 10 rings (SSSR count). The van der Waals surface area contributed by atoms with Crippen LogP contribution >= 0.6 is 15.9 Å². The maximum absolute atomic E-state index is 15.2. The normalized spacial score (nSPS) is 24.5. The highest BCUT2D eigenvalue weighted by Gasteiger charge is 2.47. The van der Waals surface area contributed by atoms with Gasteiger partial charge in [0.15, 0.2) is 0 Å². The summed E-state index contributed by atoms with van der Waals surface area (Å²) in [6.07, 6.45) is 11.8. The van der Waals surface area contributed by atoms with Crippen molar-refractivity contribution < 1.29 is 23.2 Å². The fourth-order valence-electron chi connectivity index (χ4n) is 11.9. The fraction of sp³-hybridized carbons (Fsp3) is 0.521. The van der Waals surface area contributed by atoms with Gasteiger partial charge in [0.25, 0.3) is 5.56 Å². The number of rotatable bonds is 6. The number of fused-ring (bicyclic) bond motifs is 7. The van der Waals surface area contributed by atoms with Gasteiger partial charge in [-0.1, -0.05) is 37.5 Å². The highest BCUT2D eigenvalue weighted by atomic mass is 79.9. The van der Waals surface area contributed by atoms with Crippen molar-refractivity contribution in [1.82, 2.24) is 24.7 Å². The number of benzene rings is 3. The Morgan fingerprint density at radius 1 is 0.836 bits per heavy atom. The van der Waals surface area contributed by atoms with Crippen LogP contribution in [-0.4, -0.2) is 82.9 Å². The molecule has 0 radical (unpaired) electrons. The maximum atomic E-state index is 15.2. The lowest BCUT2D eigenvalue weighted by Gasteiger charge is -2.40. The first-order valence-corrected chi connectivity index (χ1v) is 23.3. The van der Waals surface area contributed by atoms with Crippen molar-refractivity contribution in [2.24, 2.45) is 11.8 Å². The first-order valence-electron chi connectivity index (χ1n) is 22.5. The molecule has 2 saturated carbocycles. The van der Waals surface area contributed by atoms with Crippen molar-refractivity contribution in [3.63, 3.8) is 0 Å². The maximum Gasteiger partial charge on any atom is 0.281 e. The van der Waals surface area contributed by atoms with Crippen molar-refractivity contribution in [2.45, 2.75) is 101 Å². The van der Waals surface area contributed by atoms with Gasteiger partial charge < -0.3 is 14.7 Å². The Bertz CT molecular complexity index is 2440. The number of imide groups is 1. The SMILES string of the molecule is O=C1CCC(c2c(F)cc(N3CCN(C(=O)C4CCC(CN5CCC(c6ccc7c(c6)-n6c(nc(=O)c8c(Br)cccc86)C76CCCCC6)CC5)CC4)CC3)cc2F)C(=O)N1. The summed E-state index contributed by atoms with van der Waals surface area (Å²) >= 11 is 3.64. The average molecular weight is 896 g/mol. The molecule has 3 aromatic carbocycles. The fourth-order valence-corrected chi connectivity index (χ4v) is 12.4. The van der Waals surface area contributed by atoms with Crippen LogP contribution in [0.15, 0.2) is 57.8 Å². The van der Waals surface area contributed by atoms with Gasteiger partial charge in [0, 0.05) is 60.8 Å². The van der Waals surface area contributed by atoms with Crippen LogP contribution in [0, 0.1) is 23.5 Å². The van der Waals surface area contributed by atoms with E-state index in [9.17, 15) is 19.2 Å². The Labute approximate surface area is 363 Å². The number of nitrogens with one attached hydrogen (secondary N) is 1. The second-order valence-corrected chi connectivity index (χ2v) is 19.4. The van der Waals surface area contributed by atoms with Gasteiger partial charge in [0.1, 0.15) is 17.5 Å². The highest BCUT2D eigenvalue weighted by molar-refractivity contribution is 9.10. The van der Waals surface area contributed by atoms with E-state index in [4.69, 9.17) is 4.98 Å². The van der Waals surface area contributed by atoms with Crippen molar-refractivity contribution in [3.8, 4) is 5.69 Å². The minimum absolute atomic E-state index is 0.0143. The number of hydrogen-bond donors (Lipinski definition) is 1. The Balaban J connectivity index is 0.725. The molecule has 1 atom stereocenters. The summed E-state index contributed by atoms with van der Waals surface area (Å²) in [6, 6.07) is 15.7. The molecule has 320 valence electrons. The van der Waals surface area contributed by atoms with Crippen molar-refractivity contribution in [1.29, 1.82) is 0 Å². The van der Waals surface area contributed by atoms with Crippen LogP contribution in [0.1, 0.15) is 118 Å². The summed E-state index contributed by atoms with van der Waals surface area (Å²) < 4.78 is 33.5. The summed E-state index contributed by atoms with van der Waals surface area (Å²) in [5.74, 6) is -1.52. The smallest absolute Gasteiger partial charge is 0.281 e. The molecule has 0 bridgehead atoms. The number of amides is 3. The third-order valence-corrected chi connectivity index (χ3v) is 15.8. The van der Waals surface area contributed by atoms with E-state index in [1.54, 1.807) is 0 Å². The molecule has 3 amide bonds. The zero-order chi connectivity index (χ0) is 42.0. The van der Waals surface area contributed by atoms with Crippen molar-refractivity contribution >= 4 is 50.2 Å². The molecule has 6 aliphatic rings. The zero-order valence-corrected chi connectivity index (χ0v) is 36.2. The number of carbonyl (C=O) groups excluding carboxylic acids is 3. The molecule has 1 aromatic heterocycles. The van der Waals surface area contributed by atoms with E-state index in [-0.39, 0.29) is 41.2 Å². The van der Waals surface area contributed by atoms with Gasteiger partial charge in [-0.05, 0) is 140 Å². The molecule has 10 nitrogen and oxygen atoms in total.